The SMILES string of the molecule is CCC(=O)Nc1ccc(N2CCN(CCC#N)CC2)c(C(=O)O)c1.O=C(O)C(F)(F)F. The second-order valence-corrected chi connectivity index (χ2v) is 6.48. The van der Waals surface area contributed by atoms with Gasteiger partial charge in [0.1, 0.15) is 0 Å². The Morgan fingerprint density at radius 3 is 2.19 bits per heavy atom. The molecule has 9 nitrogen and oxygen atoms in total. The predicted molar refractivity (Wildman–Crippen MR) is 105 cm³/mol. The molecule has 2 rings (SSSR count). The number of aliphatic carboxylic acids is 1. The van der Waals surface area contributed by atoms with Crippen molar-refractivity contribution in [1.29, 1.82) is 5.26 Å². The van der Waals surface area contributed by atoms with Crippen LogP contribution in [-0.4, -0.2) is 71.9 Å². The van der Waals surface area contributed by atoms with Crippen molar-refractivity contribution in [2.45, 2.75) is 25.9 Å². The predicted octanol–water partition coefficient (Wildman–Crippen LogP) is 2.40. The van der Waals surface area contributed by atoms with Crippen LogP contribution in [0.25, 0.3) is 0 Å². The average molecular weight is 444 g/mol. The average Bonchev–Trinajstić information content (AvgIpc) is 2.72. The summed E-state index contributed by atoms with van der Waals surface area (Å²) in [7, 11) is 0. The molecule has 0 aromatic heterocycles. The van der Waals surface area contributed by atoms with E-state index in [0.29, 0.717) is 37.3 Å². The first-order valence-electron chi connectivity index (χ1n) is 9.31. The third-order valence-corrected chi connectivity index (χ3v) is 4.33. The number of rotatable bonds is 6. The number of piperazine rings is 1. The molecule has 1 heterocycles. The van der Waals surface area contributed by atoms with Crippen molar-refractivity contribution >= 4 is 29.2 Å². The highest BCUT2D eigenvalue weighted by molar-refractivity contribution is 5.98. The highest BCUT2D eigenvalue weighted by Crippen LogP contribution is 2.26. The maximum Gasteiger partial charge on any atom is 0.490 e. The normalized spacial score (nSPS) is 14.1. The molecule has 0 unspecified atom stereocenters. The molecular formula is C19H23F3N4O5. The Kier molecular flexibility index (Phi) is 9.75. The first-order valence-corrected chi connectivity index (χ1v) is 9.31. The number of carbonyl (C=O) groups is 3. The number of halogens is 3. The van der Waals surface area contributed by atoms with Gasteiger partial charge in [0, 0.05) is 51.3 Å². The lowest BCUT2D eigenvalue weighted by atomic mass is 10.1. The van der Waals surface area contributed by atoms with Crippen LogP contribution in [0.5, 0.6) is 0 Å². The molecule has 1 aromatic rings. The molecule has 1 amide bonds. The quantitative estimate of drug-likeness (QED) is 0.609. The van der Waals surface area contributed by atoms with Crippen LogP contribution in [0.4, 0.5) is 24.5 Å². The molecule has 0 aliphatic carbocycles. The number of alkyl halides is 3. The number of hydrogen-bond acceptors (Lipinski definition) is 6. The first-order chi connectivity index (χ1) is 14.5. The van der Waals surface area contributed by atoms with Gasteiger partial charge in [0.2, 0.25) is 5.91 Å². The molecule has 0 atom stereocenters. The van der Waals surface area contributed by atoms with Gasteiger partial charge in [-0.1, -0.05) is 6.92 Å². The van der Waals surface area contributed by atoms with E-state index in [-0.39, 0.29) is 11.5 Å². The van der Waals surface area contributed by atoms with Gasteiger partial charge in [-0.05, 0) is 18.2 Å². The van der Waals surface area contributed by atoms with Crippen LogP contribution in [-0.2, 0) is 9.59 Å². The minimum absolute atomic E-state index is 0.148. The van der Waals surface area contributed by atoms with E-state index in [2.05, 4.69) is 16.3 Å². The number of benzene rings is 1. The summed E-state index contributed by atoms with van der Waals surface area (Å²) in [5.41, 5.74) is 1.35. The lowest BCUT2D eigenvalue weighted by molar-refractivity contribution is -0.192. The smallest absolute Gasteiger partial charge is 0.478 e. The number of hydrogen-bond donors (Lipinski definition) is 3. The van der Waals surface area contributed by atoms with Crippen molar-refractivity contribution in [1.82, 2.24) is 4.90 Å². The second-order valence-electron chi connectivity index (χ2n) is 6.48. The molecule has 12 heteroatoms. The molecule has 0 saturated carbocycles. The summed E-state index contributed by atoms with van der Waals surface area (Å²) in [5, 5.41) is 28.0. The van der Waals surface area contributed by atoms with E-state index in [1.165, 1.54) is 6.07 Å². The van der Waals surface area contributed by atoms with Crippen LogP contribution >= 0.6 is 0 Å². The largest absolute Gasteiger partial charge is 0.490 e. The summed E-state index contributed by atoms with van der Waals surface area (Å²) in [5.74, 6) is -3.91. The maximum atomic E-state index is 11.6. The summed E-state index contributed by atoms with van der Waals surface area (Å²) in [4.78, 5) is 36.2. The van der Waals surface area contributed by atoms with Crippen LogP contribution in [0.1, 0.15) is 30.1 Å². The third-order valence-electron chi connectivity index (χ3n) is 4.33. The Hall–Kier alpha value is -3.33. The van der Waals surface area contributed by atoms with Gasteiger partial charge in [0.05, 0.1) is 17.3 Å². The summed E-state index contributed by atoms with van der Waals surface area (Å²) < 4.78 is 31.7. The van der Waals surface area contributed by atoms with E-state index in [9.17, 15) is 27.9 Å². The summed E-state index contributed by atoms with van der Waals surface area (Å²) in [6, 6.07) is 7.13. The second kappa shape index (κ2) is 11.8. The van der Waals surface area contributed by atoms with Gasteiger partial charge in [-0.3, -0.25) is 9.69 Å². The minimum atomic E-state index is -5.08. The maximum absolute atomic E-state index is 11.6. The number of nitrogens with zero attached hydrogens (tertiary/aromatic N) is 3. The molecule has 1 fully saturated rings. The number of anilines is 2. The van der Waals surface area contributed by atoms with Gasteiger partial charge >= 0.3 is 18.1 Å². The van der Waals surface area contributed by atoms with E-state index in [4.69, 9.17) is 15.2 Å². The Morgan fingerprint density at radius 2 is 1.74 bits per heavy atom. The molecular weight excluding hydrogens is 421 g/mol. The van der Waals surface area contributed by atoms with E-state index in [0.717, 1.165) is 19.6 Å². The zero-order valence-electron chi connectivity index (χ0n) is 16.8. The molecule has 0 radical (unpaired) electrons. The van der Waals surface area contributed by atoms with E-state index in [1.807, 2.05) is 4.90 Å². The van der Waals surface area contributed by atoms with Gasteiger partial charge < -0.3 is 20.4 Å². The molecule has 31 heavy (non-hydrogen) atoms. The Bertz CT molecular complexity index is 831. The zero-order valence-corrected chi connectivity index (χ0v) is 16.8. The monoisotopic (exact) mass is 444 g/mol. The number of carboxylic acids is 2. The fourth-order valence-corrected chi connectivity index (χ4v) is 2.73. The molecule has 170 valence electrons. The number of carboxylic acid groups (broad SMARTS) is 2. The Balaban J connectivity index is 0.000000592. The van der Waals surface area contributed by atoms with Gasteiger partial charge in [-0.25, -0.2) is 9.59 Å². The third kappa shape index (κ3) is 8.51. The van der Waals surface area contributed by atoms with Gasteiger partial charge in [-0.15, -0.1) is 0 Å². The van der Waals surface area contributed by atoms with Crippen LogP contribution in [0.3, 0.4) is 0 Å². The highest BCUT2D eigenvalue weighted by Gasteiger charge is 2.38. The summed E-state index contributed by atoms with van der Waals surface area (Å²) in [6.45, 7) is 5.52. The van der Waals surface area contributed by atoms with Crippen molar-refractivity contribution in [2.24, 2.45) is 0 Å². The number of carbonyl (C=O) groups excluding carboxylic acids is 1. The van der Waals surface area contributed by atoms with E-state index in [1.54, 1.807) is 19.1 Å². The van der Waals surface area contributed by atoms with Crippen LogP contribution < -0.4 is 10.2 Å². The van der Waals surface area contributed by atoms with Crippen molar-refractivity contribution in [3.63, 3.8) is 0 Å². The van der Waals surface area contributed by atoms with Crippen molar-refractivity contribution < 1.29 is 37.8 Å². The highest BCUT2D eigenvalue weighted by atomic mass is 19.4. The number of aromatic carboxylic acids is 1. The Labute approximate surface area is 176 Å². The number of amides is 1. The van der Waals surface area contributed by atoms with E-state index >= 15 is 0 Å². The van der Waals surface area contributed by atoms with E-state index < -0.39 is 18.1 Å². The molecule has 1 aliphatic heterocycles. The van der Waals surface area contributed by atoms with Gasteiger partial charge in [0.15, 0.2) is 0 Å². The lowest BCUT2D eigenvalue weighted by Crippen LogP contribution is -2.47. The van der Waals surface area contributed by atoms with Crippen LogP contribution in [0, 0.1) is 11.3 Å². The van der Waals surface area contributed by atoms with Gasteiger partial charge in [0.25, 0.3) is 0 Å². The summed E-state index contributed by atoms with van der Waals surface area (Å²) in [6.07, 6.45) is -4.24. The molecule has 0 bridgehead atoms. The number of nitriles is 1. The molecule has 0 spiro atoms. The summed E-state index contributed by atoms with van der Waals surface area (Å²) >= 11 is 0. The molecule has 1 aromatic carbocycles. The minimum Gasteiger partial charge on any atom is -0.478 e. The Morgan fingerprint density at radius 1 is 1.16 bits per heavy atom. The molecule has 3 N–H and O–H groups in total. The fraction of sp³-hybridized carbons (Fsp3) is 0.474. The molecule has 1 saturated heterocycles. The van der Waals surface area contributed by atoms with Crippen molar-refractivity contribution in [3.05, 3.63) is 23.8 Å². The van der Waals surface area contributed by atoms with Crippen LogP contribution in [0.2, 0.25) is 0 Å². The topological polar surface area (TPSA) is 134 Å². The standard InChI is InChI=1S/C17H22N4O3.C2HF3O2/c1-2-16(22)19-13-4-5-15(14(12-13)17(23)24)21-10-8-20(9-11-21)7-3-6-18;3-2(4,5)1(6)7/h4-5,12H,2-3,7-11H2,1H3,(H,19,22)(H,23,24);(H,6,7). The molecule has 1 aliphatic rings. The van der Waals surface area contributed by atoms with Crippen molar-refractivity contribution in [2.75, 3.05) is 42.9 Å². The lowest BCUT2D eigenvalue weighted by Gasteiger charge is -2.36. The van der Waals surface area contributed by atoms with Gasteiger partial charge in [-0.2, -0.15) is 18.4 Å². The zero-order chi connectivity index (χ0) is 23.6. The number of nitrogens with one attached hydrogen (secondary N) is 1. The fourth-order valence-electron chi connectivity index (χ4n) is 2.73. The van der Waals surface area contributed by atoms with Crippen LogP contribution in [0.15, 0.2) is 18.2 Å². The van der Waals surface area contributed by atoms with Crippen molar-refractivity contribution in [3.8, 4) is 6.07 Å². The first kappa shape index (κ1) is 25.7.